The number of carbonyl (C=O) groups is 2. The van der Waals surface area contributed by atoms with Crippen LogP contribution in [0.2, 0.25) is 0 Å². The van der Waals surface area contributed by atoms with Crippen LogP contribution in [0.15, 0.2) is 0 Å². The first-order chi connectivity index (χ1) is 10.6. The summed E-state index contributed by atoms with van der Waals surface area (Å²) < 4.78 is 11.2. The van der Waals surface area contributed by atoms with Crippen LogP contribution in [0, 0.1) is 16.2 Å². The molecule has 1 heterocycles. The highest BCUT2D eigenvalue weighted by molar-refractivity contribution is 5.83. The van der Waals surface area contributed by atoms with Gasteiger partial charge in [-0.1, -0.05) is 41.5 Å². The molecule has 0 aromatic rings. The van der Waals surface area contributed by atoms with Gasteiger partial charge in [-0.05, 0) is 57.3 Å². The fourth-order valence-electron chi connectivity index (χ4n) is 3.29. The Morgan fingerprint density at radius 3 is 2.17 bits per heavy atom. The maximum Gasteiger partial charge on any atom is 0.347 e. The fraction of sp³-hybridized carbons (Fsp3) is 0.900. The van der Waals surface area contributed by atoms with Crippen molar-refractivity contribution in [1.29, 1.82) is 0 Å². The standard InChI is InChI=1S/C20H36O4/c1-17(2,3)13-20(9,18(4,5)6)16(22)23-14-11-10-12-19(7,8)24-15(14)21/h14H,10-13H2,1-9H3. The minimum absolute atomic E-state index is 0.0208. The second kappa shape index (κ2) is 6.68. The van der Waals surface area contributed by atoms with Gasteiger partial charge in [0.25, 0.3) is 0 Å². The van der Waals surface area contributed by atoms with E-state index in [4.69, 9.17) is 9.47 Å². The van der Waals surface area contributed by atoms with Crippen LogP contribution < -0.4 is 0 Å². The van der Waals surface area contributed by atoms with Crippen molar-refractivity contribution in [3.05, 3.63) is 0 Å². The third-order valence-corrected chi connectivity index (χ3v) is 5.12. The van der Waals surface area contributed by atoms with Crippen molar-refractivity contribution in [2.24, 2.45) is 16.2 Å². The zero-order valence-electron chi connectivity index (χ0n) is 17.0. The van der Waals surface area contributed by atoms with E-state index in [2.05, 4.69) is 41.5 Å². The zero-order chi connectivity index (χ0) is 19.0. The van der Waals surface area contributed by atoms with Crippen LogP contribution in [-0.4, -0.2) is 23.6 Å². The summed E-state index contributed by atoms with van der Waals surface area (Å²) in [6, 6.07) is 0. The Morgan fingerprint density at radius 2 is 1.71 bits per heavy atom. The molecule has 2 atom stereocenters. The average Bonchev–Trinajstić information content (AvgIpc) is 2.44. The highest BCUT2D eigenvalue weighted by Gasteiger charge is 2.49. The van der Waals surface area contributed by atoms with Gasteiger partial charge in [0, 0.05) is 0 Å². The summed E-state index contributed by atoms with van der Waals surface area (Å²) in [5.41, 5.74) is -1.46. The van der Waals surface area contributed by atoms with Crippen LogP contribution in [-0.2, 0) is 19.1 Å². The van der Waals surface area contributed by atoms with Crippen molar-refractivity contribution >= 4 is 11.9 Å². The minimum atomic E-state index is -0.791. The molecule has 0 aromatic heterocycles. The first-order valence-corrected chi connectivity index (χ1v) is 9.01. The van der Waals surface area contributed by atoms with Crippen molar-refractivity contribution in [2.45, 2.75) is 99.7 Å². The molecule has 0 aromatic carbocycles. The molecular weight excluding hydrogens is 304 g/mol. The molecule has 1 rings (SSSR count). The lowest BCUT2D eigenvalue weighted by Gasteiger charge is -2.43. The van der Waals surface area contributed by atoms with Crippen LogP contribution in [0.25, 0.3) is 0 Å². The molecule has 1 saturated heterocycles. The molecule has 1 aliphatic rings. The number of cyclic esters (lactones) is 1. The Balaban J connectivity index is 2.98. The summed E-state index contributed by atoms with van der Waals surface area (Å²) >= 11 is 0. The van der Waals surface area contributed by atoms with Crippen molar-refractivity contribution in [3.8, 4) is 0 Å². The van der Waals surface area contributed by atoms with Crippen LogP contribution in [0.3, 0.4) is 0 Å². The minimum Gasteiger partial charge on any atom is -0.457 e. The van der Waals surface area contributed by atoms with Gasteiger partial charge in [0.2, 0.25) is 0 Å². The largest absolute Gasteiger partial charge is 0.457 e. The molecule has 140 valence electrons. The molecule has 4 heteroatoms. The summed E-state index contributed by atoms with van der Waals surface area (Å²) in [7, 11) is 0. The Kier molecular flexibility index (Phi) is 5.84. The molecule has 4 nitrogen and oxygen atoms in total. The number of carbonyl (C=O) groups excluding carboxylic acids is 2. The first-order valence-electron chi connectivity index (χ1n) is 9.01. The molecule has 0 N–H and O–H groups in total. The summed E-state index contributed by atoms with van der Waals surface area (Å²) in [6.07, 6.45) is 2.02. The highest BCUT2D eigenvalue weighted by atomic mass is 16.6. The van der Waals surface area contributed by atoms with Gasteiger partial charge in [0.05, 0.1) is 5.41 Å². The summed E-state index contributed by atoms with van der Waals surface area (Å²) in [5, 5.41) is 0. The predicted molar refractivity (Wildman–Crippen MR) is 95.5 cm³/mol. The van der Waals surface area contributed by atoms with Gasteiger partial charge in [-0.2, -0.15) is 0 Å². The van der Waals surface area contributed by atoms with Crippen LogP contribution >= 0.6 is 0 Å². The van der Waals surface area contributed by atoms with E-state index in [0.717, 1.165) is 12.8 Å². The lowest BCUT2D eigenvalue weighted by atomic mass is 9.61. The molecule has 0 amide bonds. The molecule has 2 unspecified atom stereocenters. The van der Waals surface area contributed by atoms with Crippen molar-refractivity contribution < 1.29 is 19.1 Å². The van der Waals surface area contributed by atoms with E-state index < -0.39 is 23.1 Å². The SMILES string of the molecule is CC(C)(C)CC(C)(C(=O)OC1CCCC(C)(C)OC1=O)C(C)(C)C. The predicted octanol–water partition coefficient (Wildman–Crippen LogP) is 4.89. The summed E-state index contributed by atoms with van der Waals surface area (Å²) in [6.45, 7) is 18.2. The fourth-order valence-corrected chi connectivity index (χ4v) is 3.29. The quantitative estimate of drug-likeness (QED) is 0.686. The molecular formula is C20H36O4. The Morgan fingerprint density at radius 1 is 1.17 bits per heavy atom. The number of rotatable bonds is 3. The van der Waals surface area contributed by atoms with Gasteiger partial charge in [-0.25, -0.2) is 4.79 Å². The Hall–Kier alpha value is -1.06. The Bertz CT molecular complexity index is 479. The number of hydrogen-bond acceptors (Lipinski definition) is 4. The van der Waals surface area contributed by atoms with Gasteiger partial charge in [-0.15, -0.1) is 0 Å². The zero-order valence-corrected chi connectivity index (χ0v) is 17.0. The van der Waals surface area contributed by atoms with Gasteiger partial charge < -0.3 is 9.47 Å². The van der Waals surface area contributed by atoms with Crippen molar-refractivity contribution in [2.75, 3.05) is 0 Å². The normalized spacial score (nSPS) is 24.5. The van der Waals surface area contributed by atoms with E-state index in [-0.39, 0.29) is 16.8 Å². The van der Waals surface area contributed by atoms with Crippen LogP contribution in [0.5, 0.6) is 0 Å². The van der Waals surface area contributed by atoms with E-state index in [9.17, 15) is 9.59 Å². The van der Waals surface area contributed by atoms with E-state index >= 15 is 0 Å². The topological polar surface area (TPSA) is 52.6 Å². The summed E-state index contributed by atoms with van der Waals surface area (Å²) in [5.74, 6) is -0.718. The van der Waals surface area contributed by atoms with Gasteiger partial charge in [0.1, 0.15) is 5.60 Å². The van der Waals surface area contributed by atoms with Crippen LogP contribution in [0.1, 0.15) is 88.0 Å². The summed E-state index contributed by atoms with van der Waals surface area (Å²) in [4.78, 5) is 25.4. The van der Waals surface area contributed by atoms with Gasteiger partial charge in [-0.3, -0.25) is 4.79 Å². The van der Waals surface area contributed by atoms with Gasteiger partial charge in [0.15, 0.2) is 6.10 Å². The lowest BCUT2D eigenvalue weighted by molar-refractivity contribution is -0.184. The molecule has 0 saturated carbocycles. The van der Waals surface area contributed by atoms with Crippen LogP contribution in [0.4, 0.5) is 0 Å². The second-order valence-electron chi connectivity index (χ2n) is 10.3. The maximum absolute atomic E-state index is 13.0. The van der Waals surface area contributed by atoms with E-state index in [0.29, 0.717) is 12.8 Å². The smallest absolute Gasteiger partial charge is 0.347 e. The maximum atomic E-state index is 13.0. The van der Waals surface area contributed by atoms with Crippen molar-refractivity contribution in [3.63, 3.8) is 0 Å². The molecule has 1 fully saturated rings. The number of hydrogen-bond donors (Lipinski definition) is 0. The third-order valence-electron chi connectivity index (χ3n) is 5.12. The molecule has 0 spiro atoms. The van der Waals surface area contributed by atoms with E-state index in [1.165, 1.54) is 0 Å². The van der Waals surface area contributed by atoms with E-state index in [1.807, 2.05) is 20.8 Å². The molecule has 0 bridgehead atoms. The number of ether oxygens (including phenoxy) is 2. The second-order valence-corrected chi connectivity index (χ2v) is 10.3. The molecule has 0 aliphatic carbocycles. The lowest BCUT2D eigenvalue weighted by Crippen LogP contribution is -2.46. The van der Waals surface area contributed by atoms with Crippen molar-refractivity contribution in [1.82, 2.24) is 0 Å². The average molecular weight is 341 g/mol. The molecule has 24 heavy (non-hydrogen) atoms. The third kappa shape index (κ3) is 5.22. The number of esters is 2. The monoisotopic (exact) mass is 340 g/mol. The first kappa shape index (κ1) is 21.0. The molecule has 1 aliphatic heterocycles. The van der Waals surface area contributed by atoms with E-state index in [1.54, 1.807) is 0 Å². The van der Waals surface area contributed by atoms with Gasteiger partial charge >= 0.3 is 11.9 Å². The molecule has 0 radical (unpaired) electrons. The Labute approximate surface area is 147 Å². The highest BCUT2D eigenvalue weighted by Crippen LogP contribution is 2.47.